The number of amides is 1. The van der Waals surface area contributed by atoms with E-state index in [1.54, 1.807) is 0 Å². The Hall–Kier alpha value is -1.57. The van der Waals surface area contributed by atoms with Gasteiger partial charge in [-0.3, -0.25) is 9.59 Å². The number of likely N-dealkylation sites (tertiary alicyclic amines) is 1. The summed E-state index contributed by atoms with van der Waals surface area (Å²) in [4.78, 5) is 32.2. The quantitative estimate of drug-likeness (QED) is 0.740. The highest BCUT2D eigenvalue weighted by molar-refractivity contribution is 5.85. The molecule has 0 atom stereocenters. The number of hydrogen-bond donors (Lipinski definition) is 2. The molecule has 0 aromatic carbocycles. The first kappa shape index (κ1) is 24.5. The molecule has 1 aromatic rings. The van der Waals surface area contributed by atoms with Gasteiger partial charge in [-0.05, 0) is 43.2 Å². The molecule has 2 saturated heterocycles. The second kappa shape index (κ2) is 11.4. The minimum Gasteiger partial charge on any atom is -0.481 e. The summed E-state index contributed by atoms with van der Waals surface area (Å²) < 4.78 is 0. The fourth-order valence-corrected chi connectivity index (χ4v) is 3.94. The van der Waals surface area contributed by atoms with Crippen LogP contribution in [0.1, 0.15) is 37.7 Å². The number of rotatable bonds is 5. The number of aromatic nitrogens is 1. The van der Waals surface area contributed by atoms with E-state index in [9.17, 15) is 9.59 Å². The SMILES string of the molecule is Cl.Cl.NCc1ccc(N2CCC(C(=O)N3CCC(CC(=O)O)CC3)CC2)nc1. The highest BCUT2D eigenvalue weighted by Gasteiger charge is 2.31. The highest BCUT2D eigenvalue weighted by atomic mass is 35.5. The number of carboxylic acid groups (broad SMARTS) is 1. The van der Waals surface area contributed by atoms with Crippen LogP contribution in [0.5, 0.6) is 0 Å². The molecular formula is C19H30Cl2N4O3. The average molecular weight is 433 g/mol. The van der Waals surface area contributed by atoms with Crippen molar-refractivity contribution in [1.29, 1.82) is 0 Å². The molecule has 2 fully saturated rings. The van der Waals surface area contributed by atoms with E-state index in [2.05, 4.69) is 9.88 Å². The lowest BCUT2D eigenvalue weighted by atomic mass is 9.90. The van der Waals surface area contributed by atoms with Crippen LogP contribution in [0.15, 0.2) is 18.3 Å². The van der Waals surface area contributed by atoms with E-state index in [0.717, 1.165) is 50.2 Å². The van der Waals surface area contributed by atoms with Gasteiger partial charge >= 0.3 is 5.97 Å². The summed E-state index contributed by atoms with van der Waals surface area (Å²) in [6.45, 7) is 3.55. The van der Waals surface area contributed by atoms with Gasteiger partial charge in [0.15, 0.2) is 0 Å². The molecule has 7 nitrogen and oxygen atoms in total. The average Bonchev–Trinajstić information content (AvgIpc) is 2.68. The van der Waals surface area contributed by atoms with Gasteiger partial charge in [0, 0.05) is 51.3 Å². The van der Waals surface area contributed by atoms with Crippen LogP contribution in [-0.4, -0.2) is 53.0 Å². The van der Waals surface area contributed by atoms with Crippen molar-refractivity contribution in [3.8, 4) is 0 Å². The van der Waals surface area contributed by atoms with Crippen molar-refractivity contribution in [2.45, 2.75) is 38.6 Å². The minimum atomic E-state index is -0.741. The monoisotopic (exact) mass is 432 g/mol. The Kier molecular flexibility index (Phi) is 9.99. The summed E-state index contributed by atoms with van der Waals surface area (Å²) in [6, 6.07) is 4.00. The second-order valence-electron chi connectivity index (χ2n) is 7.36. The summed E-state index contributed by atoms with van der Waals surface area (Å²) in [5.74, 6) is 0.731. The molecule has 1 aromatic heterocycles. The summed E-state index contributed by atoms with van der Waals surface area (Å²) in [6.07, 6.45) is 5.31. The molecular weight excluding hydrogens is 403 g/mol. The molecule has 1 amide bonds. The van der Waals surface area contributed by atoms with Gasteiger partial charge in [0.1, 0.15) is 5.82 Å². The number of pyridine rings is 1. The van der Waals surface area contributed by atoms with Gasteiger partial charge in [0.05, 0.1) is 0 Å². The van der Waals surface area contributed by atoms with Crippen LogP contribution in [0.3, 0.4) is 0 Å². The van der Waals surface area contributed by atoms with E-state index in [-0.39, 0.29) is 49.0 Å². The third-order valence-electron chi connectivity index (χ3n) is 5.60. The number of carbonyl (C=O) groups is 2. The number of nitrogens with two attached hydrogens (primary N) is 1. The number of carboxylic acids is 1. The van der Waals surface area contributed by atoms with Crippen LogP contribution in [0.2, 0.25) is 0 Å². The predicted molar refractivity (Wildman–Crippen MR) is 113 cm³/mol. The van der Waals surface area contributed by atoms with E-state index in [4.69, 9.17) is 10.8 Å². The number of halogens is 2. The zero-order chi connectivity index (χ0) is 18.5. The van der Waals surface area contributed by atoms with Crippen LogP contribution in [-0.2, 0) is 16.1 Å². The Morgan fingerprint density at radius 2 is 1.71 bits per heavy atom. The molecule has 0 radical (unpaired) electrons. The topological polar surface area (TPSA) is 99.8 Å². The maximum atomic E-state index is 12.8. The van der Waals surface area contributed by atoms with Crippen molar-refractivity contribution >= 4 is 42.5 Å². The van der Waals surface area contributed by atoms with E-state index in [1.165, 1.54) is 0 Å². The molecule has 0 saturated carbocycles. The standard InChI is InChI=1S/C19H28N4O3.2ClH/c20-12-15-1-2-17(21-13-15)22-9-5-16(6-10-22)19(26)23-7-3-14(4-8-23)11-18(24)25;;/h1-2,13-14,16H,3-12,20H2,(H,24,25);2*1H. The summed E-state index contributed by atoms with van der Waals surface area (Å²) in [5.41, 5.74) is 6.63. The Bertz CT molecular complexity index is 629. The van der Waals surface area contributed by atoms with Gasteiger partial charge in [-0.2, -0.15) is 0 Å². The third-order valence-corrected chi connectivity index (χ3v) is 5.60. The van der Waals surface area contributed by atoms with Crippen molar-refractivity contribution in [3.05, 3.63) is 23.9 Å². The molecule has 0 aliphatic carbocycles. The first-order valence-electron chi connectivity index (χ1n) is 9.47. The number of anilines is 1. The molecule has 0 unspecified atom stereocenters. The van der Waals surface area contributed by atoms with Crippen molar-refractivity contribution in [1.82, 2.24) is 9.88 Å². The summed E-state index contributed by atoms with van der Waals surface area (Å²) in [7, 11) is 0. The molecule has 2 aliphatic heterocycles. The zero-order valence-electron chi connectivity index (χ0n) is 16.0. The molecule has 3 rings (SSSR count). The molecule has 2 aliphatic rings. The molecule has 9 heteroatoms. The van der Waals surface area contributed by atoms with E-state index in [0.29, 0.717) is 19.6 Å². The van der Waals surface area contributed by atoms with Crippen molar-refractivity contribution in [2.24, 2.45) is 17.6 Å². The van der Waals surface area contributed by atoms with Gasteiger partial charge in [-0.1, -0.05) is 6.07 Å². The first-order chi connectivity index (χ1) is 12.6. The fraction of sp³-hybridized carbons (Fsp3) is 0.632. The minimum absolute atomic E-state index is 0. The van der Waals surface area contributed by atoms with Crippen molar-refractivity contribution < 1.29 is 14.7 Å². The Morgan fingerprint density at radius 3 is 2.21 bits per heavy atom. The van der Waals surface area contributed by atoms with Crippen LogP contribution in [0.25, 0.3) is 0 Å². The smallest absolute Gasteiger partial charge is 0.303 e. The van der Waals surface area contributed by atoms with Crippen LogP contribution < -0.4 is 10.6 Å². The van der Waals surface area contributed by atoms with Crippen molar-refractivity contribution in [2.75, 3.05) is 31.1 Å². The molecule has 28 heavy (non-hydrogen) atoms. The molecule has 3 N–H and O–H groups in total. The maximum Gasteiger partial charge on any atom is 0.303 e. The lowest BCUT2D eigenvalue weighted by Gasteiger charge is -2.37. The lowest BCUT2D eigenvalue weighted by Crippen LogP contribution is -2.45. The van der Waals surface area contributed by atoms with Gasteiger partial charge in [-0.15, -0.1) is 24.8 Å². The van der Waals surface area contributed by atoms with Crippen molar-refractivity contribution in [3.63, 3.8) is 0 Å². The summed E-state index contributed by atoms with van der Waals surface area (Å²) >= 11 is 0. The number of nitrogens with zero attached hydrogens (tertiary/aromatic N) is 3. The first-order valence-corrected chi connectivity index (χ1v) is 9.47. The number of piperidine rings is 2. The van der Waals surface area contributed by atoms with Gasteiger partial charge in [0.2, 0.25) is 5.91 Å². The third kappa shape index (κ3) is 6.22. The van der Waals surface area contributed by atoms with E-state index >= 15 is 0 Å². The molecule has 158 valence electrons. The van der Waals surface area contributed by atoms with Gasteiger partial charge < -0.3 is 20.6 Å². The Balaban J connectivity index is 0.00000196. The number of aliphatic carboxylic acids is 1. The number of hydrogen-bond acceptors (Lipinski definition) is 5. The van der Waals surface area contributed by atoms with Crippen LogP contribution in [0.4, 0.5) is 5.82 Å². The van der Waals surface area contributed by atoms with E-state index in [1.807, 2.05) is 23.2 Å². The van der Waals surface area contributed by atoms with Crippen LogP contribution >= 0.6 is 24.8 Å². The van der Waals surface area contributed by atoms with Crippen LogP contribution in [0, 0.1) is 11.8 Å². The van der Waals surface area contributed by atoms with Gasteiger partial charge in [0.25, 0.3) is 0 Å². The zero-order valence-corrected chi connectivity index (χ0v) is 17.6. The maximum absolute atomic E-state index is 12.8. The summed E-state index contributed by atoms with van der Waals surface area (Å²) in [5, 5.41) is 8.90. The molecule has 0 spiro atoms. The normalized spacial score (nSPS) is 18.2. The predicted octanol–water partition coefficient (Wildman–Crippen LogP) is 2.31. The van der Waals surface area contributed by atoms with E-state index < -0.39 is 5.97 Å². The Labute approximate surface area is 178 Å². The lowest BCUT2D eigenvalue weighted by molar-refractivity contribution is -0.139. The second-order valence-corrected chi connectivity index (χ2v) is 7.36. The molecule has 0 bridgehead atoms. The fourth-order valence-electron chi connectivity index (χ4n) is 3.94. The number of carbonyl (C=O) groups excluding carboxylic acids is 1. The Morgan fingerprint density at radius 1 is 1.07 bits per heavy atom. The van der Waals surface area contributed by atoms with Gasteiger partial charge in [-0.25, -0.2) is 4.98 Å². The largest absolute Gasteiger partial charge is 0.481 e. The molecule has 3 heterocycles. The highest BCUT2D eigenvalue weighted by Crippen LogP contribution is 2.26.